The molecule has 3 aromatic rings. The second-order valence-corrected chi connectivity index (χ2v) is 6.72. The van der Waals surface area contributed by atoms with Gasteiger partial charge >= 0.3 is 5.69 Å². The van der Waals surface area contributed by atoms with E-state index in [2.05, 4.69) is 4.98 Å². The summed E-state index contributed by atoms with van der Waals surface area (Å²) in [5.74, 6) is -0.718. The largest absolute Gasteiger partial charge is 0.500 e. The molecule has 11 heteroatoms. The maximum absolute atomic E-state index is 11.1. The number of rotatable bonds is 6. The van der Waals surface area contributed by atoms with Crippen molar-refractivity contribution in [3.05, 3.63) is 72.6 Å². The fraction of sp³-hybridized carbons (Fsp3) is 0.0526. The van der Waals surface area contributed by atoms with E-state index >= 15 is 0 Å². The molecular formula is C19H12N4O6S. The number of nitriles is 1. The van der Waals surface area contributed by atoms with E-state index in [0.29, 0.717) is 16.3 Å². The zero-order valence-electron chi connectivity index (χ0n) is 15.3. The maximum atomic E-state index is 11.1. The van der Waals surface area contributed by atoms with Crippen LogP contribution in [0.2, 0.25) is 0 Å². The Hall–Kier alpha value is -4.30. The lowest BCUT2D eigenvalue weighted by atomic mass is 10.1. The van der Waals surface area contributed by atoms with Gasteiger partial charge in [0.1, 0.15) is 11.1 Å². The van der Waals surface area contributed by atoms with E-state index in [1.807, 2.05) is 6.07 Å². The average molecular weight is 424 g/mol. The predicted octanol–water partition coefficient (Wildman–Crippen LogP) is 4.40. The van der Waals surface area contributed by atoms with Gasteiger partial charge in [-0.3, -0.25) is 20.2 Å². The molecule has 1 N–H and O–H groups in total. The fourth-order valence-corrected chi connectivity index (χ4v) is 3.40. The van der Waals surface area contributed by atoms with Crippen LogP contribution in [-0.2, 0) is 0 Å². The third kappa shape index (κ3) is 4.08. The number of nitro benzene ring substituents is 2. The number of thiazole rings is 1. The minimum absolute atomic E-state index is 0.0819. The van der Waals surface area contributed by atoms with Gasteiger partial charge in [0.05, 0.1) is 28.2 Å². The Morgan fingerprint density at radius 1 is 1.27 bits per heavy atom. The molecule has 1 aromatic heterocycles. The van der Waals surface area contributed by atoms with Gasteiger partial charge in [-0.15, -0.1) is 11.3 Å². The Bertz CT molecular complexity index is 1230. The maximum Gasteiger partial charge on any atom is 0.315 e. The van der Waals surface area contributed by atoms with Gasteiger partial charge in [-0.1, -0.05) is 12.1 Å². The van der Waals surface area contributed by atoms with Gasteiger partial charge < -0.3 is 9.84 Å². The minimum atomic E-state index is -0.759. The summed E-state index contributed by atoms with van der Waals surface area (Å²) in [5.41, 5.74) is 0.717. The molecule has 30 heavy (non-hydrogen) atoms. The average Bonchev–Trinajstić information content (AvgIpc) is 3.22. The first-order valence-electron chi connectivity index (χ1n) is 8.22. The number of nitrogens with zero attached hydrogens (tertiary/aromatic N) is 4. The molecule has 0 aliphatic heterocycles. The van der Waals surface area contributed by atoms with Crippen LogP contribution in [0.3, 0.4) is 0 Å². The van der Waals surface area contributed by atoms with Crippen molar-refractivity contribution in [1.82, 2.24) is 4.98 Å². The molecule has 0 bridgehead atoms. The number of hydrogen-bond donors (Lipinski definition) is 1. The lowest BCUT2D eigenvalue weighted by Gasteiger charge is -2.05. The van der Waals surface area contributed by atoms with Crippen LogP contribution in [0, 0.1) is 31.6 Å². The molecule has 3 rings (SSSR count). The van der Waals surface area contributed by atoms with Crippen LogP contribution >= 0.6 is 11.3 Å². The first-order valence-corrected chi connectivity index (χ1v) is 9.10. The van der Waals surface area contributed by atoms with Crippen LogP contribution < -0.4 is 4.74 Å². The quantitative estimate of drug-likeness (QED) is 0.347. The van der Waals surface area contributed by atoms with Crippen molar-refractivity contribution in [2.45, 2.75) is 0 Å². The number of hydrogen-bond acceptors (Lipinski definition) is 9. The fourth-order valence-electron chi connectivity index (χ4n) is 2.61. The summed E-state index contributed by atoms with van der Waals surface area (Å²) in [4.78, 5) is 25.2. The summed E-state index contributed by atoms with van der Waals surface area (Å²) in [6, 6.07) is 10.4. The Morgan fingerprint density at radius 3 is 2.67 bits per heavy atom. The number of non-ortho nitro benzene ring substituents is 1. The summed E-state index contributed by atoms with van der Waals surface area (Å²) in [5, 5.41) is 43.5. The van der Waals surface area contributed by atoms with Crippen LogP contribution in [0.4, 0.5) is 11.4 Å². The van der Waals surface area contributed by atoms with Crippen molar-refractivity contribution >= 4 is 34.4 Å². The molecule has 0 amide bonds. The van der Waals surface area contributed by atoms with Gasteiger partial charge in [0.15, 0.2) is 5.75 Å². The Balaban J connectivity index is 2.02. The Kier molecular flexibility index (Phi) is 5.70. The molecule has 10 nitrogen and oxygen atoms in total. The molecule has 0 saturated carbocycles. The Labute approximate surface area is 173 Å². The topological polar surface area (TPSA) is 152 Å². The zero-order chi connectivity index (χ0) is 21.8. The van der Waals surface area contributed by atoms with E-state index < -0.39 is 21.3 Å². The van der Waals surface area contributed by atoms with Crippen molar-refractivity contribution in [3.63, 3.8) is 0 Å². The number of nitro groups is 2. The summed E-state index contributed by atoms with van der Waals surface area (Å²) in [6.07, 6.45) is 1.38. The summed E-state index contributed by atoms with van der Waals surface area (Å²) in [7, 11) is 1.25. The molecule has 0 spiro atoms. The predicted molar refractivity (Wildman–Crippen MR) is 109 cm³/mol. The first kappa shape index (κ1) is 20.4. The van der Waals surface area contributed by atoms with E-state index in [1.54, 1.807) is 11.4 Å². The zero-order valence-corrected chi connectivity index (χ0v) is 16.1. The monoisotopic (exact) mass is 424 g/mol. The van der Waals surface area contributed by atoms with Gasteiger partial charge in [-0.2, -0.15) is 5.26 Å². The number of phenolic OH excluding ortho intramolecular Hbond substituents is 1. The van der Waals surface area contributed by atoms with Crippen molar-refractivity contribution in [1.29, 1.82) is 5.26 Å². The molecule has 0 unspecified atom stereocenters. The van der Waals surface area contributed by atoms with Gasteiger partial charge in [-0.05, 0) is 17.7 Å². The van der Waals surface area contributed by atoms with Crippen molar-refractivity contribution in [2.24, 2.45) is 0 Å². The SMILES string of the molecule is COc1cc(C=C(C#N)c2nc(-c3cccc([N+](=O)[O-])c3)cs2)cc([N+](=O)[O-])c1O. The standard InChI is InChI=1S/C19H12N4O6S/c1-29-17-7-11(6-16(18(17)24)23(27)28)5-13(9-20)19-21-15(10-30-19)12-3-2-4-14(8-12)22(25)26/h2-8,10,24H,1H3. The van der Waals surface area contributed by atoms with Gasteiger partial charge in [0.2, 0.25) is 5.75 Å². The molecule has 0 atom stereocenters. The highest BCUT2D eigenvalue weighted by atomic mass is 32.1. The van der Waals surface area contributed by atoms with Gasteiger partial charge in [0.25, 0.3) is 5.69 Å². The summed E-state index contributed by atoms with van der Waals surface area (Å²) >= 11 is 1.15. The van der Waals surface area contributed by atoms with E-state index in [4.69, 9.17) is 4.74 Å². The molecule has 0 radical (unpaired) electrons. The van der Waals surface area contributed by atoms with Crippen molar-refractivity contribution in [2.75, 3.05) is 7.11 Å². The van der Waals surface area contributed by atoms with E-state index in [1.165, 1.54) is 37.5 Å². The van der Waals surface area contributed by atoms with Gasteiger partial charge in [-0.25, -0.2) is 4.98 Å². The van der Waals surface area contributed by atoms with Crippen LogP contribution in [0.25, 0.3) is 22.9 Å². The number of methoxy groups -OCH3 is 1. The summed E-state index contributed by atoms with van der Waals surface area (Å²) < 4.78 is 4.96. The molecule has 2 aromatic carbocycles. The number of phenols is 1. The second kappa shape index (κ2) is 8.38. The van der Waals surface area contributed by atoms with Gasteiger partial charge in [0, 0.05) is 29.1 Å². The molecule has 0 saturated heterocycles. The molecule has 0 aliphatic rings. The second-order valence-electron chi connectivity index (χ2n) is 5.86. The molecular weight excluding hydrogens is 412 g/mol. The van der Waals surface area contributed by atoms with Crippen molar-refractivity contribution < 1.29 is 19.7 Å². The minimum Gasteiger partial charge on any atom is -0.500 e. The number of ether oxygens (including phenoxy) is 1. The highest BCUT2D eigenvalue weighted by Crippen LogP contribution is 2.38. The molecule has 0 aliphatic carbocycles. The van der Waals surface area contributed by atoms with Crippen LogP contribution in [-0.4, -0.2) is 27.0 Å². The molecule has 150 valence electrons. The third-order valence-corrected chi connectivity index (χ3v) is 4.89. The Morgan fingerprint density at radius 2 is 2.03 bits per heavy atom. The van der Waals surface area contributed by atoms with Crippen LogP contribution in [0.1, 0.15) is 10.6 Å². The number of benzene rings is 2. The lowest BCUT2D eigenvalue weighted by molar-refractivity contribution is -0.386. The van der Waals surface area contributed by atoms with E-state index in [9.17, 15) is 30.6 Å². The highest BCUT2D eigenvalue weighted by molar-refractivity contribution is 7.11. The molecule has 0 fully saturated rings. The number of aromatic nitrogens is 1. The number of allylic oxidation sites excluding steroid dienone is 1. The normalized spacial score (nSPS) is 11.0. The van der Waals surface area contributed by atoms with E-state index in [-0.39, 0.29) is 22.6 Å². The van der Waals surface area contributed by atoms with Crippen molar-refractivity contribution in [3.8, 4) is 28.8 Å². The summed E-state index contributed by atoms with van der Waals surface area (Å²) in [6.45, 7) is 0. The lowest BCUT2D eigenvalue weighted by Crippen LogP contribution is -1.93. The smallest absolute Gasteiger partial charge is 0.315 e. The number of aromatic hydroxyl groups is 1. The van der Waals surface area contributed by atoms with Crippen LogP contribution in [0.15, 0.2) is 41.8 Å². The van der Waals surface area contributed by atoms with E-state index in [0.717, 1.165) is 17.4 Å². The molecule has 1 heterocycles. The first-order chi connectivity index (χ1) is 14.3. The van der Waals surface area contributed by atoms with Crippen LogP contribution in [0.5, 0.6) is 11.5 Å². The highest BCUT2D eigenvalue weighted by Gasteiger charge is 2.20. The third-order valence-electron chi connectivity index (χ3n) is 4.01.